The van der Waals surface area contributed by atoms with Gasteiger partial charge in [-0.15, -0.1) is 0 Å². The normalized spacial score (nSPS) is 10.8. The van der Waals surface area contributed by atoms with E-state index in [-0.39, 0.29) is 5.75 Å². The zero-order valence-corrected chi connectivity index (χ0v) is 20.2. The van der Waals surface area contributed by atoms with Gasteiger partial charge in [-0.25, -0.2) is 10.2 Å². The topological polar surface area (TPSA) is 96.9 Å². The minimum atomic E-state index is -0.942. The highest BCUT2D eigenvalue weighted by Crippen LogP contribution is 2.24. The number of ether oxygens (including phenoxy) is 1. The van der Waals surface area contributed by atoms with E-state index in [1.54, 1.807) is 48.5 Å². The molecular formula is C27H20BrN3O4. The number of nitrogens with zero attached hydrogens (tertiary/aromatic N) is 1. The summed E-state index contributed by atoms with van der Waals surface area (Å²) in [7, 11) is 0. The first-order chi connectivity index (χ1) is 16.9. The summed E-state index contributed by atoms with van der Waals surface area (Å²) < 4.78 is 6.24. The van der Waals surface area contributed by atoms with Gasteiger partial charge in [0.1, 0.15) is 5.75 Å². The first kappa shape index (κ1) is 23.8. The molecule has 0 fully saturated rings. The maximum absolute atomic E-state index is 12.5. The second kappa shape index (κ2) is 10.8. The molecule has 0 unspecified atom stereocenters. The van der Waals surface area contributed by atoms with Crippen LogP contribution < -0.4 is 15.5 Å². The van der Waals surface area contributed by atoms with Gasteiger partial charge in [-0.3, -0.25) is 9.59 Å². The minimum Gasteiger partial charge on any atom is -0.422 e. The molecule has 0 spiro atoms. The molecule has 0 aromatic heterocycles. The van der Waals surface area contributed by atoms with Crippen molar-refractivity contribution in [2.45, 2.75) is 6.92 Å². The van der Waals surface area contributed by atoms with E-state index >= 15 is 0 Å². The Balaban J connectivity index is 1.44. The van der Waals surface area contributed by atoms with Crippen molar-refractivity contribution in [3.8, 4) is 5.75 Å². The molecule has 174 valence electrons. The van der Waals surface area contributed by atoms with E-state index in [1.165, 1.54) is 6.21 Å². The van der Waals surface area contributed by atoms with Gasteiger partial charge in [0.15, 0.2) is 0 Å². The summed E-state index contributed by atoms with van der Waals surface area (Å²) >= 11 is 3.36. The molecule has 2 amide bonds. The van der Waals surface area contributed by atoms with Gasteiger partial charge in [0, 0.05) is 21.1 Å². The van der Waals surface area contributed by atoms with Gasteiger partial charge < -0.3 is 10.1 Å². The van der Waals surface area contributed by atoms with Crippen molar-refractivity contribution in [3.05, 3.63) is 106 Å². The quantitative estimate of drug-likeness (QED) is 0.122. The smallest absolute Gasteiger partial charge is 0.343 e. The molecular weight excluding hydrogens is 510 g/mol. The van der Waals surface area contributed by atoms with E-state index in [1.807, 2.05) is 43.3 Å². The first-order valence-electron chi connectivity index (χ1n) is 10.6. The average Bonchev–Trinajstić information content (AvgIpc) is 2.85. The van der Waals surface area contributed by atoms with Crippen molar-refractivity contribution >= 4 is 56.4 Å². The average molecular weight is 530 g/mol. The Morgan fingerprint density at radius 2 is 1.66 bits per heavy atom. The number of halogens is 1. The van der Waals surface area contributed by atoms with E-state index in [0.29, 0.717) is 21.3 Å². The lowest BCUT2D eigenvalue weighted by Gasteiger charge is -2.09. The number of carbonyl (C=O) groups excluding carboxylic acids is 3. The molecule has 0 aliphatic heterocycles. The number of fused-ring (bicyclic) bond motifs is 1. The van der Waals surface area contributed by atoms with E-state index in [9.17, 15) is 14.4 Å². The number of carbonyl (C=O) groups is 3. The number of benzene rings is 4. The summed E-state index contributed by atoms with van der Waals surface area (Å²) in [6.07, 6.45) is 1.30. The molecule has 0 bridgehead atoms. The first-order valence-corrected chi connectivity index (χ1v) is 11.4. The Morgan fingerprint density at radius 1 is 0.886 bits per heavy atom. The van der Waals surface area contributed by atoms with Crippen molar-refractivity contribution in [3.63, 3.8) is 0 Å². The third-order valence-corrected chi connectivity index (χ3v) is 5.54. The van der Waals surface area contributed by atoms with Crippen LogP contribution in [0.25, 0.3) is 10.8 Å². The number of amides is 2. The number of hydrogen-bond acceptors (Lipinski definition) is 5. The Labute approximate surface area is 209 Å². The van der Waals surface area contributed by atoms with Gasteiger partial charge in [0.25, 0.3) is 0 Å². The second-order valence-corrected chi connectivity index (χ2v) is 8.54. The summed E-state index contributed by atoms with van der Waals surface area (Å²) in [5.41, 5.74) is 4.49. The minimum absolute atomic E-state index is 0.248. The Morgan fingerprint density at radius 3 is 2.49 bits per heavy atom. The zero-order valence-electron chi connectivity index (χ0n) is 18.6. The lowest BCUT2D eigenvalue weighted by atomic mass is 10.1. The molecule has 0 atom stereocenters. The molecule has 0 heterocycles. The van der Waals surface area contributed by atoms with Crippen molar-refractivity contribution < 1.29 is 19.1 Å². The van der Waals surface area contributed by atoms with Crippen LogP contribution in [-0.2, 0) is 9.59 Å². The molecule has 8 heteroatoms. The maximum Gasteiger partial charge on any atom is 0.343 e. The third-order valence-electron chi connectivity index (χ3n) is 5.04. The number of hydrazone groups is 1. The van der Waals surface area contributed by atoms with Gasteiger partial charge in [-0.1, -0.05) is 70.0 Å². The lowest BCUT2D eigenvalue weighted by molar-refractivity contribution is -0.136. The zero-order chi connectivity index (χ0) is 24.8. The van der Waals surface area contributed by atoms with Gasteiger partial charge >= 0.3 is 17.8 Å². The summed E-state index contributed by atoms with van der Waals surface area (Å²) in [6.45, 7) is 1.88. The molecule has 0 aliphatic carbocycles. The summed E-state index contributed by atoms with van der Waals surface area (Å²) in [5, 5.41) is 8.22. The fourth-order valence-corrected chi connectivity index (χ4v) is 3.75. The SMILES string of the molecule is Cc1cccc(C(=O)Oc2ccc(Br)cc2C=NNC(=O)C(=O)Nc2cccc3ccccc23)c1. The highest BCUT2D eigenvalue weighted by atomic mass is 79.9. The molecule has 4 aromatic rings. The molecule has 2 N–H and O–H groups in total. The number of nitrogens with one attached hydrogen (secondary N) is 2. The summed E-state index contributed by atoms with van der Waals surface area (Å²) in [4.78, 5) is 37.2. The van der Waals surface area contributed by atoms with E-state index in [0.717, 1.165) is 16.3 Å². The van der Waals surface area contributed by atoms with Crippen LogP contribution in [0.4, 0.5) is 5.69 Å². The highest BCUT2D eigenvalue weighted by molar-refractivity contribution is 9.10. The second-order valence-electron chi connectivity index (χ2n) is 7.62. The Hall–Kier alpha value is -4.30. The monoisotopic (exact) mass is 529 g/mol. The number of hydrogen-bond donors (Lipinski definition) is 2. The van der Waals surface area contributed by atoms with Crippen molar-refractivity contribution in [1.29, 1.82) is 0 Å². The standard InChI is InChI=1S/C27H20BrN3O4/c1-17-6-4-9-19(14-17)27(34)35-24-13-12-21(28)15-20(24)16-29-31-26(33)25(32)30-23-11-5-8-18-7-2-3-10-22(18)23/h2-16H,1H3,(H,30,32)(H,31,33). The Bertz CT molecular complexity index is 1460. The van der Waals surface area contributed by atoms with Crippen LogP contribution in [0.1, 0.15) is 21.5 Å². The molecule has 0 radical (unpaired) electrons. The number of anilines is 1. The molecule has 0 saturated carbocycles. The maximum atomic E-state index is 12.5. The van der Waals surface area contributed by atoms with Gasteiger partial charge in [0.05, 0.1) is 11.8 Å². The highest BCUT2D eigenvalue weighted by Gasteiger charge is 2.15. The van der Waals surface area contributed by atoms with Crippen LogP contribution in [0, 0.1) is 6.92 Å². The summed E-state index contributed by atoms with van der Waals surface area (Å²) in [6, 6.07) is 25.0. The molecule has 4 aromatic carbocycles. The number of aryl methyl sites for hydroxylation is 1. The molecule has 0 aliphatic rings. The Kier molecular flexibility index (Phi) is 7.32. The van der Waals surface area contributed by atoms with E-state index < -0.39 is 17.8 Å². The number of rotatable bonds is 5. The van der Waals surface area contributed by atoms with Crippen LogP contribution in [0.3, 0.4) is 0 Å². The summed E-state index contributed by atoms with van der Waals surface area (Å²) in [5.74, 6) is -2.08. The van der Waals surface area contributed by atoms with Crippen LogP contribution in [0.2, 0.25) is 0 Å². The third kappa shape index (κ3) is 5.99. The van der Waals surface area contributed by atoms with Crippen molar-refractivity contribution in [2.24, 2.45) is 5.10 Å². The van der Waals surface area contributed by atoms with Crippen molar-refractivity contribution in [2.75, 3.05) is 5.32 Å². The molecule has 0 saturated heterocycles. The predicted molar refractivity (Wildman–Crippen MR) is 139 cm³/mol. The van der Waals surface area contributed by atoms with E-state index in [2.05, 4.69) is 31.8 Å². The van der Waals surface area contributed by atoms with Gasteiger partial charge in [-0.05, 0) is 48.7 Å². The van der Waals surface area contributed by atoms with E-state index in [4.69, 9.17) is 4.74 Å². The predicted octanol–water partition coefficient (Wildman–Crippen LogP) is 5.22. The molecule has 4 rings (SSSR count). The fourth-order valence-electron chi connectivity index (χ4n) is 3.37. The van der Waals surface area contributed by atoms with Gasteiger partial charge in [0.2, 0.25) is 0 Å². The van der Waals surface area contributed by atoms with Crippen LogP contribution in [0.15, 0.2) is 94.5 Å². The lowest BCUT2D eigenvalue weighted by Crippen LogP contribution is -2.32. The largest absolute Gasteiger partial charge is 0.422 e. The molecule has 7 nitrogen and oxygen atoms in total. The molecule has 35 heavy (non-hydrogen) atoms. The number of esters is 1. The fraction of sp³-hybridized carbons (Fsp3) is 0.0370. The van der Waals surface area contributed by atoms with Crippen LogP contribution in [-0.4, -0.2) is 24.0 Å². The van der Waals surface area contributed by atoms with Gasteiger partial charge in [-0.2, -0.15) is 5.10 Å². The van der Waals surface area contributed by atoms with Crippen molar-refractivity contribution in [1.82, 2.24) is 5.43 Å². The van der Waals surface area contributed by atoms with Crippen LogP contribution in [0.5, 0.6) is 5.75 Å². The van der Waals surface area contributed by atoms with Crippen LogP contribution >= 0.6 is 15.9 Å².